The summed E-state index contributed by atoms with van der Waals surface area (Å²) in [7, 11) is 1.57. The van der Waals surface area contributed by atoms with Gasteiger partial charge in [0.15, 0.2) is 5.82 Å². The van der Waals surface area contributed by atoms with E-state index in [1.165, 1.54) is 6.33 Å². The molecule has 2 aromatic rings. The lowest BCUT2D eigenvalue weighted by Gasteiger charge is -2.07. The second-order valence-corrected chi connectivity index (χ2v) is 4.56. The van der Waals surface area contributed by atoms with Crippen molar-refractivity contribution in [3.63, 3.8) is 0 Å². The molecule has 0 amide bonds. The Labute approximate surface area is 120 Å². The summed E-state index contributed by atoms with van der Waals surface area (Å²) in [4.78, 5) is 17.1. The summed E-state index contributed by atoms with van der Waals surface area (Å²) in [6.07, 6.45) is 5.27. The summed E-state index contributed by atoms with van der Waals surface area (Å²) in [5.41, 5.74) is 2.85. The van der Waals surface area contributed by atoms with E-state index in [-0.39, 0.29) is 0 Å². The number of hydrogen-bond donors (Lipinski definition) is 0. The smallest absolute Gasteiger partial charge is 0.216 e. The minimum absolute atomic E-state index is 0.509. The lowest BCUT2D eigenvalue weighted by atomic mass is 10.1. The van der Waals surface area contributed by atoms with Crippen LogP contribution < -0.4 is 4.74 Å². The Morgan fingerprint density at radius 3 is 2.79 bits per heavy atom. The van der Waals surface area contributed by atoms with Crippen LogP contribution in [0.5, 0.6) is 5.88 Å². The third kappa shape index (κ3) is 3.26. The number of alkyl halides is 1. The highest BCUT2D eigenvalue weighted by Gasteiger charge is 2.09. The number of ether oxygens (including phenoxy) is 1. The van der Waals surface area contributed by atoms with Gasteiger partial charge in [-0.3, -0.25) is 0 Å². The van der Waals surface area contributed by atoms with Crippen LogP contribution in [-0.2, 0) is 11.8 Å². The van der Waals surface area contributed by atoms with Gasteiger partial charge in [-0.15, -0.1) is 0 Å². The molecule has 0 aromatic carbocycles. The number of aryl methyl sites for hydroxylation is 1. The van der Waals surface area contributed by atoms with Crippen molar-refractivity contribution >= 4 is 15.9 Å². The summed E-state index contributed by atoms with van der Waals surface area (Å²) < 4.78 is 5.08. The highest BCUT2D eigenvalue weighted by molar-refractivity contribution is 9.08. The Morgan fingerprint density at radius 1 is 1.26 bits per heavy atom. The van der Waals surface area contributed by atoms with Crippen LogP contribution in [0.3, 0.4) is 0 Å². The summed E-state index contributed by atoms with van der Waals surface area (Å²) in [6, 6.07) is 1.73. The Bertz CT molecular complexity index is 562. The molecule has 0 spiro atoms. The topological polar surface area (TPSA) is 60.8 Å². The average Bonchev–Trinajstić information content (AvgIpc) is 2.47. The first kappa shape index (κ1) is 13.9. The third-order valence-electron chi connectivity index (χ3n) is 2.67. The molecule has 19 heavy (non-hydrogen) atoms. The lowest BCUT2D eigenvalue weighted by molar-refractivity contribution is 0.397. The molecule has 0 aliphatic rings. The van der Waals surface area contributed by atoms with Gasteiger partial charge in [0.05, 0.1) is 7.11 Å². The summed E-state index contributed by atoms with van der Waals surface area (Å²) >= 11 is 3.46. The Hall–Kier alpha value is -1.56. The minimum atomic E-state index is 0.509. The van der Waals surface area contributed by atoms with Crippen molar-refractivity contribution in [2.24, 2.45) is 0 Å². The zero-order valence-electron chi connectivity index (χ0n) is 10.9. The number of aromatic nitrogens is 4. The second kappa shape index (κ2) is 6.56. The van der Waals surface area contributed by atoms with Crippen LogP contribution in [0, 0.1) is 0 Å². The Kier molecular flexibility index (Phi) is 4.79. The standard InChI is InChI=1S/C13H15BrN4O/c1-3-4-10-9(6-14)7-15-13(18-10)11-5-12(19-2)17-8-16-11/h5,7-8H,3-4,6H2,1-2H3. The van der Waals surface area contributed by atoms with Gasteiger partial charge in [-0.2, -0.15) is 0 Å². The molecule has 0 unspecified atom stereocenters. The largest absolute Gasteiger partial charge is 0.481 e. The van der Waals surface area contributed by atoms with E-state index in [0.29, 0.717) is 17.4 Å². The van der Waals surface area contributed by atoms with Crippen molar-refractivity contribution in [3.8, 4) is 17.4 Å². The first-order valence-corrected chi connectivity index (χ1v) is 7.17. The normalized spacial score (nSPS) is 10.5. The summed E-state index contributed by atoms with van der Waals surface area (Å²) in [5.74, 6) is 1.11. The number of methoxy groups -OCH3 is 1. The fourth-order valence-electron chi connectivity index (χ4n) is 1.70. The van der Waals surface area contributed by atoms with Crippen molar-refractivity contribution in [1.29, 1.82) is 0 Å². The predicted octanol–water partition coefficient (Wildman–Crippen LogP) is 2.79. The molecule has 0 N–H and O–H groups in total. The number of rotatable bonds is 5. The maximum absolute atomic E-state index is 5.08. The Balaban J connectivity index is 2.41. The van der Waals surface area contributed by atoms with Crippen molar-refractivity contribution < 1.29 is 4.74 Å². The lowest BCUT2D eigenvalue weighted by Crippen LogP contribution is -2.02. The van der Waals surface area contributed by atoms with Gasteiger partial charge in [-0.05, 0) is 6.42 Å². The fraction of sp³-hybridized carbons (Fsp3) is 0.385. The molecule has 6 heteroatoms. The first-order chi connectivity index (χ1) is 9.28. The van der Waals surface area contributed by atoms with Crippen LogP contribution in [-0.4, -0.2) is 27.0 Å². The van der Waals surface area contributed by atoms with E-state index in [1.807, 2.05) is 6.20 Å². The number of nitrogens with zero attached hydrogens (tertiary/aromatic N) is 4. The van der Waals surface area contributed by atoms with Gasteiger partial charge in [0.1, 0.15) is 12.0 Å². The SMILES string of the molecule is CCCc1nc(-c2cc(OC)ncn2)ncc1CBr. The first-order valence-electron chi connectivity index (χ1n) is 6.05. The van der Waals surface area contributed by atoms with E-state index < -0.39 is 0 Å². The maximum Gasteiger partial charge on any atom is 0.216 e. The van der Waals surface area contributed by atoms with Crippen molar-refractivity contribution in [2.45, 2.75) is 25.1 Å². The van der Waals surface area contributed by atoms with Crippen molar-refractivity contribution in [2.75, 3.05) is 7.11 Å². The molecule has 0 saturated heterocycles. The van der Waals surface area contributed by atoms with Gasteiger partial charge < -0.3 is 4.74 Å². The molecule has 0 aliphatic heterocycles. The molecule has 0 bridgehead atoms. The molecular weight excluding hydrogens is 308 g/mol. The van der Waals surface area contributed by atoms with Gasteiger partial charge >= 0.3 is 0 Å². The van der Waals surface area contributed by atoms with Crippen LogP contribution >= 0.6 is 15.9 Å². The molecule has 2 aromatic heterocycles. The van der Waals surface area contributed by atoms with Gasteiger partial charge in [0.25, 0.3) is 0 Å². The molecule has 0 fully saturated rings. The number of hydrogen-bond acceptors (Lipinski definition) is 5. The third-order valence-corrected chi connectivity index (χ3v) is 3.27. The van der Waals surface area contributed by atoms with Gasteiger partial charge in [0, 0.05) is 28.9 Å². The molecule has 0 atom stereocenters. The highest BCUT2D eigenvalue weighted by atomic mass is 79.9. The Morgan fingerprint density at radius 2 is 2.11 bits per heavy atom. The monoisotopic (exact) mass is 322 g/mol. The average molecular weight is 323 g/mol. The van der Waals surface area contributed by atoms with Gasteiger partial charge in [-0.25, -0.2) is 19.9 Å². The quantitative estimate of drug-likeness (QED) is 0.792. The molecule has 2 heterocycles. The maximum atomic E-state index is 5.08. The van der Waals surface area contributed by atoms with Gasteiger partial charge in [0.2, 0.25) is 5.88 Å². The summed E-state index contributed by atoms with van der Waals surface area (Å²) in [6.45, 7) is 2.13. The van der Waals surface area contributed by atoms with Crippen molar-refractivity contribution in [3.05, 3.63) is 29.8 Å². The van der Waals surface area contributed by atoms with Gasteiger partial charge in [-0.1, -0.05) is 29.3 Å². The molecule has 0 saturated carbocycles. The van der Waals surface area contributed by atoms with Crippen molar-refractivity contribution in [1.82, 2.24) is 19.9 Å². The van der Waals surface area contributed by atoms with E-state index in [4.69, 9.17) is 4.74 Å². The molecule has 2 rings (SSSR count). The van der Waals surface area contributed by atoms with Crippen LogP contribution in [0.2, 0.25) is 0 Å². The zero-order valence-corrected chi connectivity index (χ0v) is 12.5. The fourth-order valence-corrected chi connectivity index (χ4v) is 2.17. The van der Waals surface area contributed by atoms with Crippen LogP contribution in [0.15, 0.2) is 18.6 Å². The van der Waals surface area contributed by atoms with Crippen LogP contribution in [0.25, 0.3) is 11.5 Å². The molecule has 100 valence electrons. The van der Waals surface area contributed by atoms with E-state index in [1.54, 1.807) is 13.2 Å². The van der Waals surface area contributed by atoms with E-state index in [2.05, 4.69) is 42.8 Å². The minimum Gasteiger partial charge on any atom is -0.481 e. The number of halogens is 1. The molecular formula is C13H15BrN4O. The predicted molar refractivity (Wildman–Crippen MR) is 76.2 cm³/mol. The summed E-state index contributed by atoms with van der Waals surface area (Å²) in [5, 5.41) is 0.760. The van der Waals surface area contributed by atoms with E-state index >= 15 is 0 Å². The molecule has 5 nitrogen and oxygen atoms in total. The molecule has 0 aliphatic carbocycles. The molecule has 0 radical (unpaired) electrons. The van der Waals surface area contributed by atoms with E-state index in [9.17, 15) is 0 Å². The highest BCUT2D eigenvalue weighted by Crippen LogP contribution is 2.19. The van der Waals surface area contributed by atoms with Crippen LogP contribution in [0.1, 0.15) is 24.6 Å². The van der Waals surface area contributed by atoms with Crippen LogP contribution in [0.4, 0.5) is 0 Å². The second-order valence-electron chi connectivity index (χ2n) is 3.99. The van der Waals surface area contributed by atoms with E-state index in [0.717, 1.165) is 29.4 Å². The zero-order chi connectivity index (χ0) is 13.7.